The van der Waals surface area contributed by atoms with Crippen molar-refractivity contribution in [3.63, 3.8) is 0 Å². The summed E-state index contributed by atoms with van der Waals surface area (Å²) in [6, 6.07) is 14.3. The van der Waals surface area contributed by atoms with Gasteiger partial charge in [0.25, 0.3) is 5.56 Å². The van der Waals surface area contributed by atoms with Gasteiger partial charge in [0.05, 0.1) is 6.54 Å². The van der Waals surface area contributed by atoms with Crippen LogP contribution in [0.2, 0.25) is 0 Å². The number of aromatic nitrogens is 1. The Morgan fingerprint density at radius 3 is 2.59 bits per heavy atom. The fourth-order valence-corrected chi connectivity index (χ4v) is 3.25. The second-order valence-corrected chi connectivity index (χ2v) is 6.41. The highest BCUT2D eigenvalue weighted by Crippen LogP contribution is 2.20. The first-order chi connectivity index (χ1) is 13.1. The first-order valence-corrected chi connectivity index (χ1v) is 8.61. The Hall–Kier alpha value is -3.61. The number of amides is 3. The van der Waals surface area contributed by atoms with Crippen molar-refractivity contribution in [3.8, 4) is 0 Å². The molecular weight excluding hydrogens is 344 g/mol. The van der Waals surface area contributed by atoms with E-state index in [4.69, 9.17) is 0 Å². The standard InChI is InChI=1S/C20H18N4O3/c25-18-12-24(11-13-5-1-4-8-17(13)23-18)20(27)22-10-14-9-21-19(26)16-7-3-2-6-15(14)16/h1-9H,10-12H2,(H,21,26)(H,22,27)(H,23,25). The number of aromatic amines is 1. The summed E-state index contributed by atoms with van der Waals surface area (Å²) in [5.74, 6) is -0.232. The Kier molecular flexibility index (Phi) is 4.33. The van der Waals surface area contributed by atoms with Crippen LogP contribution in [0.4, 0.5) is 10.5 Å². The number of benzene rings is 2. The molecule has 0 fully saturated rings. The van der Waals surface area contributed by atoms with Crippen LogP contribution in [-0.2, 0) is 17.9 Å². The average Bonchev–Trinajstić information content (AvgIpc) is 2.85. The van der Waals surface area contributed by atoms with Gasteiger partial charge < -0.3 is 20.5 Å². The van der Waals surface area contributed by atoms with Gasteiger partial charge >= 0.3 is 6.03 Å². The van der Waals surface area contributed by atoms with Crippen LogP contribution in [0.15, 0.2) is 59.5 Å². The van der Waals surface area contributed by atoms with Crippen LogP contribution in [0, 0.1) is 0 Å². The van der Waals surface area contributed by atoms with Gasteiger partial charge in [0.15, 0.2) is 0 Å². The van der Waals surface area contributed by atoms with E-state index in [2.05, 4.69) is 15.6 Å². The number of pyridine rings is 1. The lowest BCUT2D eigenvalue weighted by molar-refractivity contribution is -0.116. The van der Waals surface area contributed by atoms with E-state index in [0.29, 0.717) is 11.9 Å². The van der Waals surface area contributed by atoms with E-state index in [1.165, 1.54) is 4.90 Å². The number of H-pyrrole nitrogens is 1. The summed E-state index contributed by atoms with van der Waals surface area (Å²) in [7, 11) is 0. The van der Waals surface area contributed by atoms with Gasteiger partial charge in [-0.1, -0.05) is 36.4 Å². The van der Waals surface area contributed by atoms with Crippen LogP contribution in [0.1, 0.15) is 11.1 Å². The molecule has 3 amide bonds. The fraction of sp³-hybridized carbons (Fsp3) is 0.150. The molecule has 7 heteroatoms. The Bertz CT molecular complexity index is 1090. The summed E-state index contributed by atoms with van der Waals surface area (Å²) in [6.45, 7) is 0.565. The van der Waals surface area contributed by atoms with Crippen molar-refractivity contribution < 1.29 is 9.59 Å². The largest absolute Gasteiger partial charge is 0.334 e. The summed E-state index contributed by atoms with van der Waals surface area (Å²) >= 11 is 0. The summed E-state index contributed by atoms with van der Waals surface area (Å²) in [6.07, 6.45) is 1.61. The molecule has 0 bridgehead atoms. The number of anilines is 1. The molecule has 27 heavy (non-hydrogen) atoms. The van der Waals surface area contributed by atoms with Gasteiger partial charge in [-0.05, 0) is 28.6 Å². The van der Waals surface area contributed by atoms with E-state index in [9.17, 15) is 14.4 Å². The number of urea groups is 1. The number of fused-ring (bicyclic) bond motifs is 2. The molecule has 1 aromatic heterocycles. The van der Waals surface area contributed by atoms with E-state index in [-0.39, 0.29) is 30.6 Å². The lowest BCUT2D eigenvalue weighted by atomic mass is 10.1. The molecule has 0 spiro atoms. The van der Waals surface area contributed by atoms with Gasteiger partial charge in [0, 0.05) is 23.8 Å². The third-order valence-corrected chi connectivity index (χ3v) is 4.60. The number of nitrogens with one attached hydrogen (secondary N) is 3. The molecule has 0 atom stereocenters. The van der Waals surface area contributed by atoms with E-state index < -0.39 is 0 Å². The molecule has 1 aliphatic heterocycles. The maximum Gasteiger partial charge on any atom is 0.318 e. The van der Waals surface area contributed by atoms with Gasteiger partial charge in [-0.25, -0.2) is 4.79 Å². The second kappa shape index (κ2) is 6.95. The maximum atomic E-state index is 12.6. The minimum absolute atomic E-state index is 0.0209. The highest BCUT2D eigenvalue weighted by molar-refractivity contribution is 5.96. The highest BCUT2D eigenvalue weighted by Gasteiger charge is 2.22. The molecule has 0 aliphatic carbocycles. The average molecular weight is 362 g/mol. The van der Waals surface area contributed by atoms with E-state index in [1.54, 1.807) is 18.3 Å². The minimum Gasteiger partial charge on any atom is -0.334 e. The SMILES string of the molecule is O=C1CN(C(=O)NCc2c[nH]c(=O)c3ccccc23)Cc2ccccc2N1. The zero-order chi connectivity index (χ0) is 18.8. The highest BCUT2D eigenvalue weighted by atomic mass is 16.2. The Morgan fingerprint density at radius 1 is 1.00 bits per heavy atom. The fourth-order valence-electron chi connectivity index (χ4n) is 3.25. The summed E-state index contributed by atoms with van der Waals surface area (Å²) < 4.78 is 0. The number of carbonyl (C=O) groups is 2. The van der Waals surface area contributed by atoms with Crippen LogP contribution in [0.5, 0.6) is 0 Å². The predicted octanol–water partition coefficient (Wildman–Crippen LogP) is 2.19. The maximum absolute atomic E-state index is 12.6. The quantitative estimate of drug-likeness (QED) is 0.652. The minimum atomic E-state index is -0.336. The van der Waals surface area contributed by atoms with Crippen molar-refractivity contribution in [1.29, 1.82) is 0 Å². The van der Waals surface area contributed by atoms with E-state index >= 15 is 0 Å². The molecule has 0 radical (unpaired) electrons. The van der Waals surface area contributed by atoms with Crippen LogP contribution < -0.4 is 16.2 Å². The zero-order valence-electron chi connectivity index (χ0n) is 14.5. The molecule has 1 aliphatic rings. The van der Waals surface area contributed by atoms with Gasteiger partial charge in [-0.3, -0.25) is 9.59 Å². The summed E-state index contributed by atoms with van der Waals surface area (Å²) in [4.78, 5) is 40.8. The van der Waals surface area contributed by atoms with Gasteiger partial charge in [0.1, 0.15) is 6.54 Å². The molecule has 2 heterocycles. The van der Waals surface area contributed by atoms with Crippen LogP contribution in [0.25, 0.3) is 10.8 Å². The van der Waals surface area contributed by atoms with Crippen molar-refractivity contribution in [2.24, 2.45) is 0 Å². The predicted molar refractivity (Wildman–Crippen MR) is 102 cm³/mol. The van der Waals surface area contributed by atoms with Crippen molar-refractivity contribution in [1.82, 2.24) is 15.2 Å². The molecule has 0 saturated heterocycles. The third-order valence-electron chi connectivity index (χ3n) is 4.60. The molecule has 3 aromatic rings. The number of hydrogen-bond acceptors (Lipinski definition) is 3. The molecule has 0 unspecified atom stereocenters. The number of rotatable bonds is 2. The monoisotopic (exact) mass is 362 g/mol. The Balaban J connectivity index is 1.53. The third kappa shape index (κ3) is 3.39. The molecule has 7 nitrogen and oxygen atoms in total. The van der Waals surface area contributed by atoms with Crippen LogP contribution >= 0.6 is 0 Å². The number of carbonyl (C=O) groups excluding carboxylic acids is 2. The zero-order valence-corrected chi connectivity index (χ0v) is 14.5. The molecule has 2 aromatic carbocycles. The Morgan fingerprint density at radius 2 is 1.74 bits per heavy atom. The molecule has 136 valence electrons. The molecule has 0 saturated carbocycles. The van der Waals surface area contributed by atoms with Crippen molar-refractivity contribution in [3.05, 3.63) is 76.2 Å². The number of nitrogens with zero attached hydrogens (tertiary/aromatic N) is 1. The lowest BCUT2D eigenvalue weighted by Crippen LogP contribution is -2.42. The van der Waals surface area contributed by atoms with Crippen LogP contribution in [-0.4, -0.2) is 28.4 Å². The summed E-state index contributed by atoms with van der Waals surface area (Å²) in [5, 5.41) is 7.02. The van der Waals surface area contributed by atoms with Crippen LogP contribution in [0.3, 0.4) is 0 Å². The second-order valence-electron chi connectivity index (χ2n) is 6.41. The smallest absolute Gasteiger partial charge is 0.318 e. The Labute approximate surface area is 155 Å². The lowest BCUT2D eigenvalue weighted by Gasteiger charge is -2.20. The normalized spacial score (nSPS) is 13.6. The molecule has 3 N–H and O–H groups in total. The molecular formula is C20H18N4O3. The number of para-hydroxylation sites is 1. The van der Waals surface area contributed by atoms with Gasteiger partial charge in [-0.2, -0.15) is 0 Å². The van der Waals surface area contributed by atoms with E-state index in [1.807, 2.05) is 36.4 Å². The van der Waals surface area contributed by atoms with Crippen molar-refractivity contribution >= 4 is 28.4 Å². The van der Waals surface area contributed by atoms with Crippen molar-refractivity contribution in [2.45, 2.75) is 13.1 Å². The first-order valence-electron chi connectivity index (χ1n) is 8.61. The summed E-state index contributed by atoms with van der Waals surface area (Å²) in [5.41, 5.74) is 2.25. The number of hydrogen-bond donors (Lipinski definition) is 3. The van der Waals surface area contributed by atoms with E-state index in [0.717, 1.165) is 22.2 Å². The first kappa shape index (κ1) is 16.8. The van der Waals surface area contributed by atoms with Gasteiger partial charge in [-0.15, -0.1) is 0 Å². The topological polar surface area (TPSA) is 94.3 Å². The van der Waals surface area contributed by atoms with Gasteiger partial charge in [0.2, 0.25) is 5.91 Å². The molecule has 4 rings (SSSR count). The van der Waals surface area contributed by atoms with Crippen molar-refractivity contribution in [2.75, 3.05) is 11.9 Å².